The third kappa shape index (κ3) is 5.08. The van der Waals surface area contributed by atoms with Crippen molar-refractivity contribution in [1.29, 1.82) is 0 Å². The lowest BCUT2D eigenvalue weighted by molar-refractivity contribution is -0.117. The number of ether oxygens (including phenoxy) is 1. The smallest absolute Gasteiger partial charge is 0.243 e. The molecule has 2 heterocycles. The van der Waals surface area contributed by atoms with Crippen LogP contribution in [0.4, 0.5) is 5.69 Å². The van der Waals surface area contributed by atoms with Crippen molar-refractivity contribution >= 4 is 21.6 Å². The largest absolute Gasteiger partial charge is 0.492 e. The molecule has 1 saturated heterocycles. The van der Waals surface area contributed by atoms with Crippen LogP contribution in [0, 0.1) is 6.92 Å². The Balaban J connectivity index is 1.45. The van der Waals surface area contributed by atoms with Crippen molar-refractivity contribution in [3.05, 3.63) is 53.6 Å². The van der Waals surface area contributed by atoms with Crippen LogP contribution in [0.3, 0.4) is 0 Å². The van der Waals surface area contributed by atoms with E-state index in [0.717, 1.165) is 36.1 Å². The molecule has 2 aromatic carbocycles. The lowest BCUT2D eigenvalue weighted by Crippen LogP contribution is -2.36. The number of carbonyl (C=O) groups excluding carboxylic acids is 1. The third-order valence-electron chi connectivity index (χ3n) is 5.83. The summed E-state index contributed by atoms with van der Waals surface area (Å²) < 4.78 is 33.3. The molecule has 1 fully saturated rings. The quantitative estimate of drug-likeness (QED) is 0.769. The lowest BCUT2D eigenvalue weighted by Gasteiger charge is -2.26. The predicted molar refractivity (Wildman–Crippen MR) is 120 cm³/mol. The van der Waals surface area contributed by atoms with Crippen molar-refractivity contribution in [2.75, 3.05) is 38.1 Å². The van der Waals surface area contributed by atoms with Crippen molar-refractivity contribution < 1.29 is 17.9 Å². The number of fused-ring (bicyclic) bond motifs is 1. The zero-order valence-electron chi connectivity index (χ0n) is 17.8. The van der Waals surface area contributed by atoms with Gasteiger partial charge in [0.05, 0.1) is 11.4 Å². The number of amides is 1. The van der Waals surface area contributed by atoms with Gasteiger partial charge in [0.1, 0.15) is 12.4 Å². The molecule has 0 aromatic heterocycles. The molecule has 8 heteroatoms. The molecule has 0 bridgehead atoms. The Hall–Kier alpha value is -2.42. The highest BCUT2D eigenvalue weighted by Gasteiger charge is 2.26. The highest BCUT2D eigenvalue weighted by atomic mass is 32.2. The number of sulfonamides is 1. The summed E-state index contributed by atoms with van der Waals surface area (Å²) in [6.45, 7) is 4.97. The van der Waals surface area contributed by atoms with Gasteiger partial charge in [0, 0.05) is 37.4 Å². The monoisotopic (exact) mass is 443 g/mol. The van der Waals surface area contributed by atoms with E-state index in [4.69, 9.17) is 4.74 Å². The van der Waals surface area contributed by atoms with E-state index in [1.54, 1.807) is 22.5 Å². The van der Waals surface area contributed by atoms with Gasteiger partial charge in [0.15, 0.2) is 0 Å². The maximum atomic E-state index is 13.0. The Bertz CT molecular complexity index is 1050. The van der Waals surface area contributed by atoms with Gasteiger partial charge in [-0.15, -0.1) is 0 Å². The average molecular weight is 444 g/mol. The molecule has 2 aromatic rings. The number of benzene rings is 2. The number of hydrogen-bond donors (Lipinski definition) is 1. The number of aryl methyl sites for hydroxylation is 1. The molecule has 1 N–H and O–H groups in total. The second-order valence-electron chi connectivity index (χ2n) is 8.16. The summed E-state index contributed by atoms with van der Waals surface area (Å²) >= 11 is 0. The Kier molecular flexibility index (Phi) is 6.60. The minimum atomic E-state index is -3.55. The van der Waals surface area contributed by atoms with E-state index in [1.165, 1.54) is 0 Å². The highest BCUT2D eigenvalue weighted by Crippen LogP contribution is 2.26. The molecule has 0 spiro atoms. The molecule has 0 atom stereocenters. The van der Waals surface area contributed by atoms with Crippen LogP contribution in [0.2, 0.25) is 0 Å². The van der Waals surface area contributed by atoms with Crippen LogP contribution in [-0.4, -0.2) is 56.3 Å². The van der Waals surface area contributed by atoms with Gasteiger partial charge >= 0.3 is 0 Å². The van der Waals surface area contributed by atoms with Crippen LogP contribution >= 0.6 is 0 Å². The Morgan fingerprint density at radius 1 is 1.06 bits per heavy atom. The number of para-hydroxylation sites is 1. The van der Waals surface area contributed by atoms with Gasteiger partial charge in [-0.25, -0.2) is 8.42 Å². The Labute approximate surface area is 184 Å². The molecule has 31 heavy (non-hydrogen) atoms. The fourth-order valence-electron chi connectivity index (χ4n) is 4.06. The minimum Gasteiger partial charge on any atom is -0.492 e. The van der Waals surface area contributed by atoms with Gasteiger partial charge in [0.25, 0.3) is 0 Å². The summed E-state index contributed by atoms with van der Waals surface area (Å²) in [6, 6.07) is 12.8. The molecule has 2 aliphatic heterocycles. The molecule has 166 valence electrons. The van der Waals surface area contributed by atoms with Crippen LogP contribution in [0.1, 0.15) is 30.4 Å². The number of piperidine rings is 1. The van der Waals surface area contributed by atoms with Crippen molar-refractivity contribution in [1.82, 2.24) is 9.21 Å². The van der Waals surface area contributed by atoms with Gasteiger partial charge in [0.2, 0.25) is 15.9 Å². The number of nitrogens with one attached hydrogen (secondary N) is 1. The molecular formula is C23H29N3O4S. The molecule has 2 aliphatic rings. The van der Waals surface area contributed by atoms with Gasteiger partial charge in [-0.05, 0) is 43.5 Å². The Morgan fingerprint density at radius 3 is 2.65 bits per heavy atom. The van der Waals surface area contributed by atoms with E-state index < -0.39 is 10.0 Å². The SMILES string of the molecule is Cc1ccc(S(=O)(=O)N2CCCCC2)cc1NC(=O)CN1CCOc2ccccc2C1. The first-order chi connectivity index (χ1) is 14.9. The predicted octanol–water partition coefficient (Wildman–Crippen LogP) is 3.00. The van der Waals surface area contributed by atoms with Crippen LogP contribution in [-0.2, 0) is 21.4 Å². The molecule has 0 aliphatic carbocycles. The minimum absolute atomic E-state index is 0.171. The molecule has 7 nitrogen and oxygen atoms in total. The standard InChI is InChI=1S/C23H29N3O4S/c1-18-9-10-20(31(28,29)26-11-5-2-6-12-26)15-21(18)24-23(27)17-25-13-14-30-22-8-4-3-7-19(22)16-25/h3-4,7-10,15H,2,5-6,11-14,16-17H2,1H3,(H,24,27). The van der Waals surface area contributed by atoms with Crippen molar-refractivity contribution in [2.24, 2.45) is 0 Å². The first-order valence-electron chi connectivity index (χ1n) is 10.8. The first kappa shape index (κ1) is 21.8. The van der Waals surface area contributed by atoms with E-state index in [2.05, 4.69) is 5.32 Å². The lowest BCUT2D eigenvalue weighted by atomic mass is 10.2. The number of nitrogens with zero attached hydrogens (tertiary/aromatic N) is 2. The fourth-order valence-corrected chi connectivity index (χ4v) is 5.60. The summed E-state index contributed by atoms with van der Waals surface area (Å²) in [5.74, 6) is 0.687. The second kappa shape index (κ2) is 9.38. The summed E-state index contributed by atoms with van der Waals surface area (Å²) in [7, 11) is -3.55. The van der Waals surface area contributed by atoms with Crippen LogP contribution < -0.4 is 10.1 Å². The van der Waals surface area contributed by atoms with Crippen molar-refractivity contribution in [3.63, 3.8) is 0 Å². The highest BCUT2D eigenvalue weighted by molar-refractivity contribution is 7.89. The van der Waals surface area contributed by atoms with Gasteiger partial charge < -0.3 is 10.1 Å². The number of rotatable bonds is 5. The van der Waals surface area contributed by atoms with Crippen LogP contribution in [0.25, 0.3) is 0 Å². The van der Waals surface area contributed by atoms with Crippen LogP contribution in [0.15, 0.2) is 47.4 Å². The molecule has 0 unspecified atom stereocenters. The molecule has 0 saturated carbocycles. The van der Waals surface area contributed by atoms with Crippen molar-refractivity contribution in [3.8, 4) is 5.75 Å². The topological polar surface area (TPSA) is 79.0 Å². The summed E-state index contributed by atoms with van der Waals surface area (Å²) in [6.07, 6.45) is 2.84. The maximum absolute atomic E-state index is 13.0. The van der Waals surface area contributed by atoms with E-state index >= 15 is 0 Å². The van der Waals surface area contributed by atoms with Gasteiger partial charge in [-0.3, -0.25) is 9.69 Å². The zero-order chi connectivity index (χ0) is 21.8. The maximum Gasteiger partial charge on any atom is 0.243 e. The normalized spacial score (nSPS) is 18.0. The first-order valence-corrected chi connectivity index (χ1v) is 12.2. The molecule has 0 radical (unpaired) electrons. The summed E-state index contributed by atoms with van der Waals surface area (Å²) in [5, 5.41) is 2.91. The number of anilines is 1. The average Bonchev–Trinajstić information content (AvgIpc) is 2.97. The van der Waals surface area contributed by atoms with Gasteiger partial charge in [-0.2, -0.15) is 4.31 Å². The van der Waals surface area contributed by atoms with E-state index in [1.807, 2.05) is 36.1 Å². The molecular weight excluding hydrogens is 414 g/mol. The third-order valence-corrected chi connectivity index (χ3v) is 7.73. The van der Waals surface area contributed by atoms with Gasteiger partial charge in [-0.1, -0.05) is 30.7 Å². The fraction of sp³-hybridized carbons (Fsp3) is 0.435. The van der Waals surface area contributed by atoms with E-state index in [0.29, 0.717) is 38.5 Å². The summed E-state index contributed by atoms with van der Waals surface area (Å²) in [4.78, 5) is 15.0. The Morgan fingerprint density at radius 2 is 1.84 bits per heavy atom. The van der Waals surface area contributed by atoms with E-state index in [-0.39, 0.29) is 17.3 Å². The van der Waals surface area contributed by atoms with Crippen LogP contribution in [0.5, 0.6) is 5.75 Å². The number of carbonyl (C=O) groups is 1. The summed E-state index contributed by atoms with van der Waals surface area (Å²) in [5.41, 5.74) is 2.42. The second-order valence-corrected chi connectivity index (χ2v) is 10.1. The zero-order valence-corrected chi connectivity index (χ0v) is 18.7. The van der Waals surface area contributed by atoms with Crippen molar-refractivity contribution in [2.45, 2.75) is 37.6 Å². The van der Waals surface area contributed by atoms with E-state index in [9.17, 15) is 13.2 Å². The molecule has 1 amide bonds. The number of hydrogen-bond acceptors (Lipinski definition) is 5. The molecule has 4 rings (SSSR count).